The Bertz CT molecular complexity index is 912. The van der Waals surface area contributed by atoms with Crippen LogP contribution in [0.1, 0.15) is 296 Å². The lowest BCUT2D eigenvalue weighted by molar-refractivity contribution is -0.123. The summed E-state index contributed by atoms with van der Waals surface area (Å²) >= 11 is 0. The van der Waals surface area contributed by atoms with E-state index in [4.69, 9.17) is 0 Å². The number of carbonyl (C=O) groups is 1. The quantitative estimate of drug-likeness (QED) is 0.0422. The molecule has 0 saturated carbocycles. The van der Waals surface area contributed by atoms with Gasteiger partial charge < -0.3 is 15.5 Å². The average Bonchev–Trinajstić information content (AvgIpc) is 3.25. The number of aliphatic hydroxyl groups excluding tert-OH is 2. The van der Waals surface area contributed by atoms with Crippen LogP contribution in [-0.2, 0) is 4.79 Å². The topological polar surface area (TPSA) is 69.6 Å². The van der Waals surface area contributed by atoms with Crippen molar-refractivity contribution in [1.29, 1.82) is 0 Å². The number of nitrogens with one attached hydrogen (secondary N) is 1. The third-order valence-electron chi connectivity index (χ3n) is 12.6. The van der Waals surface area contributed by atoms with E-state index in [9.17, 15) is 15.0 Å². The van der Waals surface area contributed by atoms with Crippen molar-refractivity contribution in [3.8, 4) is 0 Å². The Hall–Kier alpha value is -1.39. The van der Waals surface area contributed by atoms with Crippen molar-refractivity contribution in [2.45, 2.75) is 309 Å². The average molecular weight is 842 g/mol. The molecule has 0 aromatic carbocycles. The van der Waals surface area contributed by atoms with Gasteiger partial charge in [-0.15, -0.1) is 0 Å². The Morgan fingerprint density at radius 1 is 0.383 bits per heavy atom. The first-order valence-corrected chi connectivity index (χ1v) is 27.2. The van der Waals surface area contributed by atoms with Crippen LogP contribution < -0.4 is 5.32 Å². The lowest BCUT2D eigenvalue weighted by atomic mass is 10.0. The summed E-state index contributed by atoms with van der Waals surface area (Å²) in [6.07, 6.45) is 70.2. The van der Waals surface area contributed by atoms with Crippen LogP contribution in [0, 0.1) is 0 Å². The molecule has 0 aromatic heterocycles. The molecule has 0 aliphatic heterocycles. The minimum absolute atomic E-state index is 0.0703. The Kier molecular flexibility index (Phi) is 50.8. The highest BCUT2D eigenvalue weighted by Gasteiger charge is 2.18. The summed E-state index contributed by atoms with van der Waals surface area (Å²) in [4.78, 5) is 12.5. The van der Waals surface area contributed by atoms with Crippen molar-refractivity contribution >= 4 is 5.91 Å². The van der Waals surface area contributed by atoms with Gasteiger partial charge in [-0.25, -0.2) is 0 Å². The number of hydrogen-bond acceptors (Lipinski definition) is 3. The molecule has 0 aliphatic carbocycles. The largest absolute Gasteiger partial charge is 0.394 e. The zero-order valence-electron chi connectivity index (χ0n) is 40.7. The van der Waals surface area contributed by atoms with E-state index in [1.54, 1.807) is 6.08 Å². The second kappa shape index (κ2) is 52.0. The van der Waals surface area contributed by atoms with E-state index in [0.29, 0.717) is 6.42 Å². The van der Waals surface area contributed by atoms with E-state index in [0.717, 1.165) is 32.1 Å². The SMILES string of the molecule is CCCCCCCCCCCCCC/C=C\CCCCCCCCCCCCCCCC(=O)NC(CO)C(O)/C=C/CC/C=C/CCCCCCCCCCCCCCC. The molecule has 0 saturated heterocycles. The predicted molar refractivity (Wildman–Crippen MR) is 267 cm³/mol. The molecule has 1 amide bonds. The molecule has 60 heavy (non-hydrogen) atoms. The second-order valence-electron chi connectivity index (χ2n) is 18.6. The fourth-order valence-corrected chi connectivity index (χ4v) is 8.43. The van der Waals surface area contributed by atoms with Crippen LogP contribution in [0.5, 0.6) is 0 Å². The highest BCUT2D eigenvalue weighted by atomic mass is 16.3. The van der Waals surface area contributed by atoms with Crippen LogP contribution in [-0.4, -0.2) is 34.9 Å². The minimum Gasteiger partial charge on any atom is -0.394 e. The maximum Gasteiger partial charge on any atom is 0.220 e. The van der Waals surface area contributed by atoms with Crippen LogP contribution in [0.25, 0.3) is 0 Å². The molecule has 0 radical (unpaired) electrons. The molecule has 0 fully saturated rings. The molecule has 0 bridgehead atoms. The molecule has 0 aliphatic rings. The molecule has 354 valence electrons. The molecule has 3 N–H and O–H groups in total. The van der Waals surface area contributed by atoms with Gasteiger partial charge in [0.2, 0.25) is 5.91 Å². The van der Waals surface area contributed by atoms with Crippen LogP contribution in [0.15, 0.2) is 36.5 Å². The van der Waals surface area contributed by atoms with E-state index in [2.05, 4.69) is 43.5 Å². The highest BCUT2D eigenvalue weighted by molar-refractivity contribution is 5.76. The molecule has 4 nitrogen and oxygen atoms in total. The number of aliphatic hydroxyl groups is 2. The van der Waals surface area contributed by atoms with Gasteiger partial charge in [0.25, 0.3) is 0 Å². The number of carbonyl (C=O) groups excluding carboxylic acids is 1. The number of unbranched alkanes of at least 4 members (excludes halogenated alkanes) is 39. The fourth-order valence-electron chi connectivity index (χ4n) is 8.43. The van der Waals surface area contributed by atoms with E-state index >= 15 is 0 Å². The second-order valence-corrected chi connectivity index (χ2v) is 18.6. The molecular weight excluding hydrogens is 735 g/mol. The molecule has 0 heterocycles. The Morgan fingerprint density at radius 2 is 0.650 bits per heavy atom. The van der Waals surface area contributed by atoms with Crippen molar-refractivity contribution in [2.24, 2.45) is 0 Å². The van der Waals surface area contributed by atoms with E-state index in [1.807, 2.05) is 6.08 Å². The van der Waals surface area contributed by atoms with Gasteiger partial charge in [-0.05, 0) is 57.8 Å². The number of hydrogen-bond donors (Lipinski definition) is 3. The Balaban J connectivity index is 3.50. The van der Waals surface area contributed by atoms with Gasteiger partial charge in [-0.1, -0.05) is 269 Å². The van der Waals surface area contributed by atoms with E-state index in [-0.39, 0.29) is 12.5 Å². The molecule has 2 atom stereocenters. The molecule has 0 rings (SSSR count). The van der Waals surface area contributed by atoms with E-state index < -0.39 is 12.1 Å². The first kappa shape index (κ1) is 58.6. The number of amides is 1. The lowest BCUT2D eigenvalue weighted by Gasteiger charge is -2.19. The maximum atomic E-state index is 12.5. The molecular formula is C56H107NO3. The smallest absolute Gasteiger partial charge is 0.220 e. The maximum absolute atomic E-state index is 12.5. The van der Waals surface area contributed by atoms with Gasteiger partial charge >= 0.3 is 0 Å². The third kappa shape index (κ3) is 47.7. The van der Waals surface area contributed by atoms with Gasteiger partial charge in [0, 0.05) is 6.42 Å². The lowest BCUT2D eigenvalue weighted by Crippen LogP contribution is -2.45. The van der Waals surface area contributed by atoms with Crippen molar-refractivity contribution in [3.63, 3.8) is 0 Å². The van der Waals surface area contributed by atoms with Gasteiger partial charge in [-0.3, -0.25) is 4.79 Å². The zero-order valence-corrected chi connectivity index (χ0v) is 40.7. The predicted octanol–water partition coefficient (Wildman–Crippen LogP) is 17.7. The van der Waals surface area contributed by atoms with Gasteiger partial charge in [-0.2, -0.15) is 0 Å². The first-order valence-electron chi connectivity index (χ1n) is 27.2. The summed E-state index contributed by atoms with van der Waals surface area (Å²) < 4.78 is 0. The van der Waals surface area contributed by atoms with Crippen LogP contribution >= 0.6 is 0 Å². The summed E-state index contributed by atoms with van der Waals surface area (Å²) in [5.74, 6) is -0.0703. The van der Waals surface area contributed by atoms with Gasteiger partial charge in [0.1, 0.15) is 0 Å². The van der Waals surface area contributed by atoms with Crippen molar-refractivity contribution in [3.05, 3.63) is 36.5 Å². The number of rotatable bonds is 50. The third-order valence-corrected chi connectivity index (χ3v) is 12.6. The monoisotopic (exact) mass is 842 g/mol. The van der Waals surface area contributed by atoms with Crippen LogP contribution in [0.2, 0.25) is 0 Å². The molecule has 0 aromatic rings. The molecule has 0 spiro atoms. The fraction of sp³-hybridized carbons (Fsp3) is 0.875. The summed E-state index contributed by atoms with van der Waals surface area (Å²) in [5, 5.41) is 23.1. The Morgan fingerprint density at radius 3 is 0.967 bits per heavy atom. The normalized spacial score (nSPS) is 13.1. The zero-order chi connectivity index (χ0) is 43.5. The van der Waals surface area contributed by atoms with Gasteiger partial charge in [0.05, 0.1) is 18.8 Å². The summed E-state index contributed by atoms with van der Waals surface area (Å²) in [7, 11) is 0. The number of allylic oxidation sites excluding steroid dienone is 5. The summed E-state index contributed by atoms with van der Waals surface area (Å²) in [6.45, 7) is 4.33. The van der Waals surface area contributed by atoms with Crippen LogP contribution in [0.3, 0.4) is 0 Å². The summed E-state index contributed by atoms with van der Waals surface area (Å²) in [6, 6.07) is -0.638. The Labute approximate surface area is 376 Å². The van der Waals surface area contributed by atoms with Crippen molar-refractivity contribution in [2.75, 3.05) is 6.61 Å². The summed E-state index contributed by atoms with van der Waals surface area (Å²) in [5.41, 5.74) is 0. The molecule has 4 heteroatoms. The van der Waals surface area contributed by atoms with Gasteiger partial charge in [0.15, 0.2) is 0 Å². The van der Waals surface area contributed by atoms with E-state index in [1.165, 1.54) is 244 Å². The minimum atomic E-state index is -0.861. The standard InChI is InChI=1S/C56H107NO3/c1-3-5-7-9-11-13-15-17-19-21-23-24-25-26-27-28-29-30-31-32-34-36-38-40-42-44-46-48-50-52-56(60)57-54(53-58)55(59)51-49-47-45-43-41-39-37-35-33-22-20-18-16-14-12-10-8-6-4-2/h26-27,41,43,49,51,54-55,58-59H,3-25,28-40,42,44-48,50,52-53H2,1-2H3,(H,57,60)/b27-26-,43-41+,51-49+. The van der Waals surface area contributed by atoms with Crippen molar-refractivity contribution in [1.82, 2.24) is 5.32 Å². The molecule has 2 unspecified atom stereocenters. The first-order chi connectivity index (χ1) is 29.7. The highest BCUT2D eigenvalue weighted by Crippen LogP contribution is 2.16. The van der Waals surface area contributed by atoms with Crippen molar-refractivity contribution < 1.29 is 15.0 Å². The van der Waals surface area contributed by atoms with Crippen LogP contribution in [0.4, 0.5) is 0 Å².